The minimum atomic E-state index is -0.114. The molecule has 128 valence electrons. The van der Waals surface area contributed by atoms with Gasteiger partial charge in [-0.1, -0.05) is 0 Å². The number of likely N-dealkylation sites (N-methyl/N-ethyl adjacent to an activating group) is 1. The maximum atomic E-state index is 12.4. The SMILES string of the molecule is CN(C)C1CCc2[nH]c3ccc(NC(=O)c4ccncc4)cc3c2C1. The minimum absolute atomic E-state index is 0.114. The van der Waals surface area contributed by atoms with E-state index in [-0.39, 0.29) is 5.91 Å². The number of nitrogens with one attached hydrogen (secondary N) is 2. The highest BCUT2D eigenvalue weighted by atomic mass is 16.1. The van der Waals surface area contributed by atoms with Crippen molar-refractivity contribution in [1.82, 2.24) is 14.9 Å². The van der Waals surface area contributed by atoms with Crippen LogP contribution >= 0.6 is 0 Å². The molecule has 5 heteroatoms. The Hall–Kier alpha value is -2.66. The van der Waals surface area contributed by atoms with Gasteiger partial charge in [0, 0.05) is 46.3 Å². The van der Waals surface area contributed by atoms with Crippen molar-refractivity contribution in [3.05, 3.63) is 59.5 Å². The van der Waals surface area contributed by atoms with E-state index in [1.165, 1.54) is 23.1 Å². The molecule has 0 aliphatic heterocycles. The third-order valence-electron chi connectivity index (χ3n) is 5.09. The fourth-order valence-electron chi connectivity index (χ4n) is 3.62. The predicted octanol–water partition coefficient (Wildman–Crippen LogP) is 3.23. The Morgan fingerprint density at radius 1 is 1.24 bits per heavy atom. The summed E-state index contributed by atoms with van der Waals surface area (Å²) in [5.41, 5.74) is 5.30. The summed E-state index contributed by atoms with van der Waals surface area (Å²) in [6, 6.07) is 10.1. The van der Waals surface area contributed by atoms with Gasteiger partial charge in [0.05, 0.1) is 0 Å². The summed E-state index contributed by atoms with van der Waals surface area (Å²) in [6.07, 6.45) is 6.55. The van der Waals surface area contributed by atoms with Crippen LogP contribution in [0.3, 0.4) is 0 Å². The average molecular weight is 334 g/mol. The zero-order chi connectivity index (χ0) is 17.4. The summed E-state index contributed by atoms with van der Waals surface area (Å²) in [5, 5.41) is 4.21. The average Bonchev–Trinajstić information content (AvgIpc) is 2.99. The number of aromatic nitrogens is 2. The molecule has 1 unspecified atom stereocenters. The number of pyridine rings is 1. The van der Waals surface area contributed by atoms with Crippen LogP contribution in [0.25, 0.3) is 10.9 Å². The quantitative estimate of drug-likeness (QED) is 0.773. The number of benzene rings is 1. The number of anilines is 1. The van der Waals surface area contributed by atoms with E-state index in [9.17, 15) is 4.79 Å². The van der Waals surface area contributed by atoms with Gasteiger partial charge in [0.1, 0.15) is 0 Å². The van der Waals surface area contributed by atoms with E-state index < -0.39 is 0 Å². The van der Waals surface area contributed by atoms with Crippen molar-refractivity contribution in [2.45, 2.75) is 25.3 Å². The van der Waals surface area contributed by atoms with Crippen molar-refractivity contribution in [3.8, 4) is 0 Å². The molecular formula is C20H22N4O. The topological polar surface area (TPSA) is 61.0 Å². The molecule has 2 heterocycles. The molecule has 5 nitrogen and oxygen atoms in total. The van der Waals surface area contributed by atoms with Crippen molar-refractivity contribution in [1.29, 1.82) is 0 Å². The predicted molar refractivity (Wildman–Crippen MR) is 100.0 cm³/mol. The normalized spacial score (nSPS) is 16.8. The van der Waals surface area contributed by atoms with Gasteiger partial charge in [0.2, 0.25) is 0 Å². The summed E-state index contributed by atoms with van der Waals surface area (Å²) >= 11 is 0. The van der Waals surface area contributed by atoms with Gasteiger partial charge < -0.3 is 15.2 Å². The highest BCUT2D eigenvalue weighted by Gasteiger charge is 2.23. The van der Waals surface area contributed by atoms with Crippen LogP contribution in [0.1, 0.15) is 28.0 Å². The highest BCUT2D eigenvalue weighted by Crippen LogP contribution is 2.32. The van der Waals surface area contributed by atoms with Gasteiger partial charge in [0.25, 0.3) is 5.91 Å². The standard InChI is InChI=1S/C20H22N4O/c1-24(2)15-4-6-19-17(12-15)16-11-14(3-5-18(16)23-19)22-20(25)13-7-9-21-10-8-13/h3,5,7-11,15,23H,4,6,12H2,1-2H3,(H,22,25). The van der Waals surface area contributed by atoms with E-state index in [1.807, 2.05) is 6.07 Å². The Morgan fingerprint density at radius 3 is 2.80 bits per heavy atom. The van der Waals surface area contributed by atoms with E-state index in [0.717, 1.165) is 24.0 Å². The van der Waals surface area contributed by atoms with Crippen LogP contribution in [0.15, 0.2) is 42.7 Å². The summed E-state index contributed by atoms with van der Waals surface area (Å²) in [4.78, 5) is 22.2. The fraction of sp³-hybridized carbons (Fsp3) is 0.300. The maximum absolute atomic E-state index is 12.4. The van der Waals surface area contributed by atoms with Gasteiger partial charge >= 0.3 is 0 Å². The Bertz CT molecular complexity index is 914. The number of carbonyl (C=O) groups is 1. The number of rotatable bonds is 3. The lowest BCUT2D eigenvalue weighted by Gasteiger charge is -2.28. The molecule has 0 radical (unpaired) electrons. The molecule has 0 fully saturated rings. The van der Waals surface area contributed by atoms with E-state index in [4.69, 9.17) is 0 Å². The second-order valence-electron chi connectivity index (χ2n) is 6.89. The molecule has 0 saturated heterocycles. The van der Waals surface area contributed by atoms with Crippen LogP contribution in [0.2, 0.25) is 0 Å². The summed E-state index contributed by atoms with van der Waals surface area (Å²) < 4.78 is 0. The fourth-order valence-corrected chi connectivity index (χ4v) is 3.62. The number of hydrogen-bond acceptors (Lipinski definition) is 3. The summed E-state index contributed by atoms with van der Waals surface area (Å²) in [5.74, 6) is -0.114. The lowest BCUT2D eigenvalue weighted by Crippen LogP contribution is -2.33. The molecule has 1 aromatic carbocycles. The molecular weight excluding hydrogens is 312 g/mol. The van der Waals surface area contributed by atoms with Gasteiger partial charge in [-0.2, -0.15) is 0 Å². The first-order valence-electron chi connectivity index (χ1n) is 8.63. The van der Waals surface area contributed by atoms with Gasteiger partial charge in [-0.05, 0) is 69.3 Å². The molecule has 1 amide bonds. The van der Waals surface area contributed by atoms with Crippen LogP contribution < -0.4 is 5.32 Å². The zero-order valence-corrected chi connectivity index (χ0v) is 14.5. The van der Waals surface area contributed by atoms with Crippen molar-refractivity contribution in [2.75, 3.05) is 19.4 Å². The maximum Gasteiger partial charge on any atom is 0.255 e. The Morgan fingerprint density at radius 2 is 2.04 bits per heavy atom. The number of aromatic amines is 1. The van der Waals surface area contributed by atoms with Crippen LogP contribution in [0, 0.1) is 0 Å². The monoisotopic (exact) mass is 334 g/mol. The van der Waals surface area contributed by atoms with Crippen LogP contribution in [0.5, 0.6) is 0 Å². The minimum Gasteiger partial charge on any atom is -0.358 e. The lowest BCUT2D eigenvalue weighted by atomic mass is 9.91. The Balaban J connectivity index is 1.64. The molecule has 2 N–H and O–H groups in total. The number of nitrogens with zero attached hydrogens (tertiary/aromatic N) is 2. The van der Waals surface area contributed by atoms with Gasteiger partial charge in [0.15, 0.2) is 0 Å². The number of aryl methyl sites for hydroxylation is 1. The molecule has 25 heavy (non-hydrogen) atoms. The van der Waals surface area contributed by atoms with Crippen molar-refractivity contribution in [3.63, 3.8) is 0 Å². The van der Waals surface area contributed by atoms with Crippen LogP contribution in [-0.2, 0) is 12.8 Å². The van der Waals surface area contributed by atoms with E-state index in [1.54, 1.807) is 24.5 Å². The first-order valence-corrected chi connectivity index (χ1v) is 8.63. The second kappa shape index (κ2) is 6.33. The largest absolute Gasteiger partial charge is 0.358 e. The third kappa shape index (κ3) is 3.03. The number of fused-ring (bicyclic) bond motifs is 3. The summed E-state index contributed by atoms with van der Waals surface area (Å²) in [7, 11) is 4.29. The van der Waals surface area contributed by atoms with E-state index in [2.05, 4.69) is 46.4 Å². The van der Waals surface area contributed by atoms with Crippen molar-refractivity contribution >= 4 is 22.5 Å². The van der Waals surface area contributed by atoms with Crippen LogP contribution in [-0.4, -0.2) is 40.9 Å². The molecule has 0 spiro atoms. The first kappa shape index (κ1) is 15.8. The van der Waals surface area contributed by atoms with E-state index >= 15 is 0 Å². The lowest BCUT2D eigenvalue weighted by molar-refractivity contribution is 0.102. The molecule has 4 rings (SSSR count). The zero-order valence-electron chi connectivity index (χ0n) is 14.5. The Labute approximate surface area is 147 Å². The molecule has 3 aromatic rings. The highest BCUT2D eigenvalue weighted by molar-refractivity contribution is 6.05. The number of amides is 1. The molecule has 1 aliphatic rings. The van der Waals surface area contributed by atoms with Gasteiger partial charge in [-0.3, -0.25) is 9.78 Å². The smallest absolute Gasteiger partial charge is 0.255 e. The number of hydrogen-bond donors (Lipinski definition) is 2. The van der Waals surface area contributed by atoms with Crippen molar-refractivity contribution in [2.24, 2.45) is 0 Å². The Kier molecular flexibility index (Phi) is 4.01. The molecule has 0 saturated carbocycles. The number of H-pyrrole nitrogens is 1. The summed E-state index contributed by atoms with van der Waals surface area (Å²) in [6.45, 7) is 0. The second-order valence-corrected chi connectivity index (χ2v) is 6.89. The van der Waals surface area contributed by atoms with Crippen LogP contribution in [0.4, 0.5) is 5.69 Å². The molecule has 1 atom stereocenters. The molecule has 1 aliphatic carbocycles. The number of carbonyl (C=O) groups excluding carboxylic acids is 1. The first-order chi connectivity index (χ1) is 12.1. The van der Waals surface area contributed by atoms with Gasteiger partial charge in [-0.25, -0.2) is 0 Å². The third-order valence-corrected chi connectivity index (χ3v) is 5.09. The van der Waals surface area contributed by atoms with Crippen molar-refractivity contribution < 1.29 is 4.79 Å². The van der Waals surface area contributed by atoms with Gasteiger partial charge in [-0.15, -0.1) is 0 Å². The molecule has 2 aromatic heterocycles. The molecule has 0 bridgehead atoms. The van der Waals surface area contributed by atoms with E-state index in [0.29, 0.717) is 11.6 Å².